The number of unbranched alkanes of at least 4 members (excludes halogenated alkanes) is 1. The molecule has 0 aliphatic rings. The van der Waals surface area contributed by atoms with Crippen molar-refractivity contribution in [1.82, 2.24) is 0 Å². The predicted molar refractivity (Wildman–Crippen MR) is 101 cm³/mol. The van der Waals surface area contributed by atoms with Gasteiger partial charge in [0, 0.05) is 11.8 Å². The SMILES string of the molecule is CCCCOc1cccc(NC[C@H](C)Oc2ccc(CC)cc2)c1. The van der Waals surface area contributed by atoms with Gasteiger partial charge >= 0.3 is 0 Å². The minimum atomic E-state index is 0.0853. The quantitative estimate of drug-likeness (QED) is 0.600. The summed E-state index contributed by atoms with van der Waals surface area (Å²) in [5, 5.41) is 3.41. The Hall–Kier alpha value is -2.16. The van der Waals surface area contributed by atoms with Gasteiger partial charge in [0.2, 0.25) is 0 Å². The fourth-order valence-electron chi connectivity index (χ4n) is 2.37. The van der Waals surface area contributed by atoms with Crippen molar-refractivity contribution < 1.29 is 9.47 Å². The van der Waals surface area contributed by atoms with Crippen molar-refractivity contribution in [3.05, 3.63) is 54.1 Å². The zero-order chi connectivity index (χ0) is 17.2. The maximum Gasteiger partial charge on any atom is 0.121 e. The Morgan fingerprint density at radius 1 is 1.00 bits per heavy atom. The lowest BCUT2D eigenvalue weighted by Gasteiger charge is -2.17. The second-order valence-corrected chi connectivity index (χ2v) is 6.04. The average molecular weight is 327 g/mol. The lowest BCUT2D eigenvalue weighted by atomic mass is 10.2. The Morgan fingerprint density at radius 3 is 2.50 bits per heavy atom. The molecule has 2 rings (SSSR count). The second-order valence-electron chi connectivity index (χ2n) is 6.04. The third kappa shape index (κ3) is 6.15. The van der Waals surface area contributed by atoms with E-state index in [2.05, 4.69) is 44.3 Å². The molecule has 0 aliphatic heterocycles. The van der Waals surface area contributed by atoms with Crippen molar-refractivity contribution in [2.45, 2.75) is 46.1 Å². The molecule has 3 heteroatoms. The van der Waals surface area contributed by atoms with Gasteiger partial charge in [0.1, 0.15) is 17.6 Å². The minimum absolute atomic E-state index is 0.0853. The first-order valence-electron chi connectivity index (χ1n) is 8.93. The second kappa shape index (κ2) is 9.86. The van der Waals surface area contributed by atoms with E-state index in [4.69, 9.17) is 9.47 Å². The molecule has 1 N–H and O–H groups in total. The van der Waals surface area contributed by atoms with Gasteiger partial charge in [-0.2, -0.15) is 0 Å². The van der Waals surface area contributed by atoms with Crippen molar-refractivity contribution >= 4 is 5.69 Å². The highest BCUT2D eigenvalue weighted by molar-refractivity contribution is 5.48. The van der Waals surface area contributed by atoms with Crippen molar-refractivity contribution in [3.63, 3.8) is 0 Å². The van der Waals surface area contributed by atoms with Gasteiger partial charge in [-0.15, -0.1) is 0 Å². The van der Waals surface area contributed by atoms with Crippen molar-refractivity contribution in [3.8, 4) is 11.5 Å². The van der Waals surface area contributed by atoms with Crippen molar-refractivity contribution in [2.24, 2.45) is 0 Å². The predicted octanol–water partition coefficient (Wildman–Crippen LogP) is 5.31. The number of benzene rings is 2. The van der Waals surface area contributed by atoms with Crippen LogP contribution in [0.3, 0.4) is 0 Å². The van der Waals surface area contributed by atoms with Gasteiger partial charge in [-0.3, -0.25) is 0 Å². The molecule has 3 nitrogen and oxygen atoms in total. The van der Waals surface area contributed by atoms with E-state index in [1.807, 2.05) is 30.3 Å². The summed E-state index contributed by atoms with van der Waals surface area (Å²) < 4.78 is 11.7. The molecule has 0 unspecified atom stereocenters. The van der Waals surface area contributed by atoms with Gasteiger partial charge in [0.25, 0.3) is 0 Å². The molecule has 2 aromatic carbocycles. The van der Waals surface area contributed by atoms with Gasteiger partial charge in [-0.25, -0.2) is 0 Å². The highest BCUT2D eigenvalue weighted by Gasteiger charge is 2.05. The summed E-state index contributed by atoms with van der Waals surface area (Å²) in [5.74, 6) is 1.83. The molecule has 2 aromatic rings. The van der Waals surface area contributed by atoms with E-state index < -0.39 is 0 Å². The molecule has 0 aromatic heterocycles. The molecule has 1 atom stereocenters. The number of rotatable bonds is 10. The molecular formula is C21H29NO2. The summed E-state index contributed by atoms with van der Waals surface area (Å²) in [7, 11) is 0. The van der Waals surface area contributed by atoms with E-state index in [1.165, 1.54) is 5.56 Å². The minimum Gasteiger partial charge on any atom is -0.494 e. The lowest BCUT2D eigenvalue weighted by molar-refractivity contribution is 0.234. The van der Waals surface area contributed by atoms with Crippen LogP contribution in [0.2, 0.25) is 0 Å². The number of aryl methyl sites for hydroxylation is 1. The standard InChI is InChI=1S/C21H29NO2/c1-4-6-14-23-21-9-7-8-19(15-21)22-16-17(3)24-20-12-10-18(5-2)11-13-20/h7-13,15,17,22H,4-6,14,16H2,1-3H3/t17-/m0/s1. The zero-order valence-corrected chi connectivity index (χ0v) is 15.0. The molecule has 0 amide bonds. The summed E-state index contributed by atoms with van der Waals surface area (Å²) in [4.78, 5) is 0. The highest BCUT2D eigenvalue weighted by atomic mass is 16.5. The van der Waals surface area contributed by atoms with E-state index in [-0.39, 0.29) is 6.10 Å². The molecule has 0 fully saturated rings. The maximum absolute atomic E-state index is 5.95. The number of hydrogen-bond acceptors (Lipinski definition) is 3. The van der Waals surface area contributed by atoms with E-state index >= 15 is 0 Å². The summed E-state index contributed by atoms with van der Waals surface area (Å²) in [6, 6.07) is 16.4. The van der Waals surface area contributed by atoms with E-state index in [9.17, 15) is 0 Å². The zero-order valence-electron chi connectivity index (χ0n) is 15.0. The number of ether oxygens (including phenoxy) is 2. The Bertz CT molecular complexity index is 595. The lowest BCUT2D eigenvalue weighted by Crippen LogP contribution is -2.22. The van der Waals surface area contributed by atoms with Crippen LogP contribution >= 0.6 is 0 Å². The molecule has 24 heavy (non-hydrogen) atoms. The summed E-state index contributed by atoms with van der Waals surface area (Å²) in [5.41, 5.74) is 2.38. The smallest absolute Gasteiger partial charge is 0.121 e. The van der Waals surface area contributed by atoms with Crippen LogP contribution in [-0.2, 0) is 6.42 Å². The molecule has 0 heterocycles. The van der Waals surface area contributed by atoms with E-state index in [0.717, 1.165) is 49.6 Å². The van der Waals surface area contributed by atoms with E-state index in [1.54, 1.807) is 0 Å². The first-order chi connectivity index (χ1) is 11.7. The fraction of sp³-hybridized carbons (Fsp3) is 0.429. The Morgan fingerprint density at radius 2 is 1.79 bits per heavy atom. The molecule has 0 saturated carbocycles. The monoisotopic (exact) mass is 327 g/mol. The van der Waals surface area contributed by atoms with Crippen molar-refractivity contribution in [2.75, 3.05) is 18.5 Å². The molecule has 0 aliphatic carbocycles. The number of anilines is 1. The van der Waals surface area contributed by atoms with Gasteiger partial charge in [0.05, 0.1) is 13.2 Å². The topological polar surface area (TPSA) is 30.5 Å². The van der Waals surface area contributed by atoms with Gasteiger partial charge in [0.15, 0.2) is 0 Å². The third-order valence-corrected chi connectivity index (χ3v) is 3.86. The van der Waals surface area contributed by atoms with Crippen LogP contribution in [0.1, 0.15) is 39.2 Å². The Kier molecular flexibility index (Phi) is 7.47. The normalized spacial score (nSPS) is 11.8. The molecule has 130 valence electrons. The summed E-state index contributed by atoms with van der Waals surface area (Å²) in [6.45, 7) is 7.91. The van der Waals surface area contributed by atoms with Gasteiger partial charge in [-0.05, 0) is 49.6 Å². The number of hydrogen-bond donors (Lipinski definition) is 1. The number of nitrogens with one attached hydrogen (secondary N) is 1. The van der Waals surface area contributed by atoms with Crippen LogP contribution in [0, 0.1) is 0 Å². The van der Waals surface area contributed by atoms with Crippen LogP contribution in [-0.4, -0.2) is 19.3 Å². The average Bonchev–Trinajstić information content (AvgIpc) is 2.61. The molecule has 0 bridgehead atoms. The molecular weight excluding hydrogens is 298 g/mol. The molecule has 0 radical (unpaired) electrons. The summed E-state index contributed by atoms with van der Waals surface area (Å²) in [6.07, 6.45) is 3.36. The van der Waals surface area contributed by atoms with Crippen LogP contribution in [0.25, 0.3) is 0 Å². The van der Waals surface area contributed by atoms with Crippen LogP contribution in [0.5, 0.6) is 11.5 Å². The first-order valence-corrected chi connectivity index (χ1v) is 8.93. The first kappa shape index (κ1) is 18.2. The van der Waals surface area contributed by atoms with Crippen LogP contribution in [0.4, 0.5) is 5.69 Å². The van der Waals surface area contributed by atoms with Crippen LogP contribution < -0.4 is 14.8 Å². The Balaban J connectivity index is 1.80. The highest BCUT2D eigenvalue weighted by Crippen LogP contribution is 2.18. The maximum atomic E-state index is 5.95. The Labute approximate surface area is 146 Å². The summed E-state index contributed by atoms with van der Waals surface area (Å²) >= 11 is 0. The van der Waals surface area contributed by atoms with Gasteiger partial charge in [-0.1, -0.05) is 38.5 Å². The van der Waals surface area contributed by atoms with Crippen LogP contribution in [0.15, 0.2) is 48.5 Å². The van der Waals surface area contributed by atoms with Gasteiger partial charge < -0.3 is 14.8 Å². The fourth-order valence-corrected chi connectivity index (χ4v) is 2.37. The molecule has 0 spiro atoms. The largest absolute Gasteiger partial charge is 0.494 e. The van der Waals surface area contributed by atoms with E-state index in [0.29, 0.717) is 0 Å². The van der Waals surface area contributed by atoms with Crippen molar-refractivity contribution in [1.29, 1.82) is 0 Å². The molecule has 0 saturated heterocycles. The third-order valence-electron chi connectivity index (χ3n) is 3.86.